The summed E-state index contributed by atoms with van der Waals surface area (Å²) in [5.41, 5.74) is 0.0734. The van der Waals surface area contributed by atoms with Crippen LogP contribution in [-0.2, 0) is 33.3 Å². The summed E-state index contributed by atoms with van der Waals surface area (Å²) in [6.45, 7) is 3.03. The number of carbonyl (C=O) groups excluding carboxylic acids is 3. The summed E-state index contributed by atoms with van der Waals surface area (Å²) in [5.74, 6) is -2.76. The predicted octanol–water partition coefficient (Wildman–Crippen LogP) is 0.514. The molecule has 10 nitrogen and oxygen atoms in total. The first kappa shape index (κ1) is 22.1. The number of allylic oxidation sites excluding steroid dienone is 1. The second-order valence-corrected chi connectivity index (χ2v) is 6.90. The van der Waals surface area contributed by atoms with Crippen LogP contribution in [-0.4, -0.2) is 71.1 Å². The Bertz CT molecular complexity index is 692. The van der Waals surface area contributed by atoms with E-state index >= 15 is 0 Å². The number of fused-ring (bicyclic) bond motifs is 2. The quantitative estimate of drug-likeness (QED) is 0.272. The molecule has 0 aromatic rings. The third-order valence-electron chi connectivity index (χ3n) is 4.36. The van der Waals surface area contributed by atoms with Crippen LogP contribution in [0.25, 0.3) is 0 Å². The Kier molecular flexibility index (Phi) is 7.39. The molecule has 156 valence electrons. The molecule has 5 unspecified atom stereocenters. The minimum atomic E-state index is -1.30. The van der Waals surface area contributed by atoms with Crippen LogP contribution in [0.5, 0.6) is 0 Å². The van der Waals surface area contributed by atoms with E-state index in [1.807, 2.05) is 0 Å². The monoisotopic (exact) mass is 419 g/mol. The second-order valence-electron chi connectivity index (χ2n) is 6.50. The molecule has 2 rings (SSSR count). The number of rotatable bonds is 6. The largest absolute Gasteiger partial charge is 0.462 e. The summed E-state index contributed by atoms with van der Waals surface area (Å²) in [6, 6.07) is 0. The molecule has 2 bridgehead atoms. The fourth-order valence-electron chi connectivity index (χ4n) is 3.31. The molecular weight excluding hydrogens is 398 g/mol. The summed E-state index contributed by atoms with van der Waals surface area (Å²) in [7, 11) is 0. The number of carbonyl (C=O) groups is 3. The zero-order valence-corrected chi connectivity index (χ0v) is 16.3. The molecule has 0 saturated carbocycles. The van der Waals surface area contributed by atoms with Gasteiger partial charge in [-0.05, 0) is 12.5 Å². The molecule has 11 heteroatoms. The lowest BCUT2D eigenvalue weighted by Crippen LogP contribution is -2.59. The van der Waals surface area contributed by atoms with Crippen molar-refractivity contribution in [3.63, 3.8) is 0 Å². The Hall–Kier alpha value is -2.17. The molecule has 28 heavy (non-hydrogen) atoms. The van der Waals surface area contributed by atoms with Crippen molar-refractivity contribution in [2.75, 3.05) is 6.61 Å². The Labute approximate surface area is 166 Å². The van der Waals surface area contributed by atoms with Gasteiger partial charge in [-0.2, -0.15) is 0 Å². The maximum absolute atomic E-state index is 11.6. The van der Waals surface area contributed by atoms with Crippen LogP contribution in [0.15, 0.2) is 16.3 Å². The average Bonchev–Trinajstić information content (AvgIpc) is 2.59. The molecule has 2 aliphatic rings. The molecule has 1 saturated heterocycles. The van der Waals surface area contributed by atoms with Gasteiger partial charge in [-0.1, -0.05) is 16.8 Å². The van der Waals surface area contributed by atoms with E-state index in [0.717, 1.165) is 13.8 Å². The van der Waals surface area contributed by atoms with Gasteiger partial charge < -0.3 is 29.3 Å². The van der Waals surface area contributed by atoms with Gasteiger partial charge in [0.15, 0.2) is 12.2 Å². The van der Waals surface area contributed by atoms with Gasteiger partial charge in [0.05, 0.1) is 17.2 Å². The van der Waals surface area contributed by atoms with Gasteiger partial charge in [-0.25, -0.2) is 0 Å². The minimum absolute atomic E-state index is 0.0734. The molecule has 0 aromatic carbocycles. The van der Waals surface area contributed by atoms with E-state index < -0.39 is 61.0 Å². The van der Waals surface area contributed by atoms with Crippen LogP contribution < -0.4 is 0 Å². The van der Waals surface area contributed by atoms with E-state index in [9.17, 15) is 24.7 Å². The highest BCUT2D eigenvalue weighted by atomic mass is 35.5. The van der Waals surface area contributed by atoms with Gasteiger partial charge in [-0.3, -0.25) is 14.4 Å². The van der Waals surface area contributed by atoms with Crippen molar-refractivity contribution in [2.24, 2.45) is 11.1 Å². The molecule has 1 fully saturated rings. The van der Waals surface area contributed by atoms with Crippen LogP contribution in [0.2, 0.25) is 0 Å². The Morgan fingerprint density at radius 2 is 1.89 bits per heavy atom. The molecule has 0 aromatic heterocycles. The lowest BCUT2D eigenvalue weighted by Gasteiger charge is -2.44. The summed E-state index contributed by atoms with van der Waals surface area (Å²) in [5, 5.41) is 23.3. The standard InChI is InChI=1S/C17H22ClNO9/c1-7(20)25-6-13(26-8(2)21)16(27-9(3)22)17-15(23)11-4-10(28-17)5-12(18)14(11)19-24/h5,10-11,13,15-17,23-24H,4,6H2,1-3H3/b19-14+/t10?,11?,13?,15-,16?,17?/m1/s1. The van der Waals surface area contributed by atoms with E-state index in [1.165, 1.54) is 13.0 Å². The van der Waals surface area contributed by atoms with Crippen molar-refractivity contribution in [3.05, 3.63) is 11.1 Å². The van der Waals surface area contributed by atoms with E-state index in [1.54, 1.807) is 0 Å². The maximum atomic E-state index is 11.6. The van der Waals surface area contributed by atoms with Gasteiger partial charge in [0, 0.05) is 26.7 Å². The SMILES string of the molecule is CC(=O)OCC(OC(C)=O)C(OC(C)=O)C1OC2C=C(Cl)/C(=N/O)C(C2)[C@H]1O. The number of oxime groups is 1. The van der Waals surface area contributed by atoms with Gasteiger partial charge in [0.1, 0.15) is 18.4 Å². The Balaban J connectivity index is 2.36. The first-order valence-electron chi connectivity index (χ1n) is 8.55. The number of nitrogens with zero attached hydrogens (tertiary/aromatic N) is 1. The number of hydrogen-bond acceptors (Lipinski definition) is 10. The maximum Gasteiger partial charge on any atom is 0.303 e. The zero-order chi connectivity index (χ0) is 21.0. The third kappa shape index (κ3) is 5.21. The van der Waals surface area contributed by atoms with E-state index in [0.29, 0.717) is 6.42 Å². The predicted molar refractivity (Wildman–Crippen MR) is 93.7 cm³/mol. The van der Waals surface area contributed by atoms with Gasteiger partial charge in [0.25, 0.3) is 0 Å². The molecule has 1 heterocycles. The lowest BCUT2D eigenvalue weighted by atomic mass is 9.79. The van der Waals surface area contributed by atoms with Crippen LogP contribution >= 0.6 is 11.6 Å². The summed E-state index contributed by atoms with van der Waals surface area (Å²) in [4.78, 5) is 34.3. The smallest absolute Gasteiger partial charge is 0.303 e. The van der Waals surface area contributed by atoms with Crippen molar-refractivity contribution in [1.29, 1.82) is 0 Å². The van der Waals surface area contributed by atoms with Crippen LogP contribution in [0.4, 0.5) is 0 Å². The minimum Gasteiger partial charge on any atom is -0.462 e. The van der Waals surface area contributed by atoms with Crippen molar-refractivity contribution >= 4 is 35.2 Å². The molecule has 2 N–H and O–H groups in total. The highest BCUT2D eigenvalue weighted by Gasteiger charge is 2.50. The Morgan fingerprint density at radius 1 is 1.25 bits per heavy atom. The van der Waals surface area contributed by atoms with Crippen molar-refractivity contribution in [3.8, 4) is 0 Å². The van der Waals surface area contributed by atoms with E-state index in [4.69, 9.17) is 30.5 Å². The fourth-order valence-corrected chi connectivity index (χ4v) is 3.63. The summed E-state index contributed by atoms with van der Waals surface area (Å²) >= 11 is 6.04. The van der Waals surface area contributed by atoms with Crippen LogP contribution in [0, 0.1) is 5.92 Å². The number of halogens is 1. The highest BCUT2D eigenvalue weighted by molar-refractivity contribution is 6.44. The number of ether oxygens (including phenoxy) is 4. The first-order chi connectivity index (χ1) is 13.1. The van der Waals surface area contributed by atoms with Crippen molar-refractivity contribution in [1.82, 2.24) is 0 Å². The van der Waals surface area contributed by atoms with Crippen LogP contribution in [0.1, 0.15) is 27.2 Å². The molecule has 0 amide bonds. The third-order valence-corrected chi connectivity index (χ3v) is 4.68. The Morgan fingerprint density at radius 3 is 2.43 bits per heavy atom. The van der Waals surface area contributed by atoms with E-state index in [-0.39, 0.29) is 10.7 Å². The van der Waals surface area contributed by atoms with Gasteiger partial charge in [-0.15, -0.1) is 0 Å². The number of hydrogen-bond donors (Lipinski definition) is 2. The number of esters is 3. The van der Waals surface area contributed by atoms with Crippen molar-refractivity contribution in [2.45, 2.75) is 57.7 Å². The fraction of sp³-hybridized carbons (Fsp3) is 0.647. The normalized spacial score (nSPS) is 30.0. The van der Waals surface area contributed by atoms with Gasteiger partial charge >= 0.3 is 17.9 Å². The summed E-state index contributed by atoms with van der Waals surface area (Å²) < 4.78 is 21.1. The number of aliphatic hydroxyl groups excluding tert-OH is 1. The molecule has 0 radical (unpaired) electrons. The first-order valence-corrected chi connectivity index (χ1v) is 8.92. The summed E-state index contributed by atoms with van der Waals surface area (Å²) in [6.07, 6.45) is -3.73. The second kappa shape index (κ2) is 9.35. The van der Waals surface area contributed by atoms with Crippen LogP contribution in [0.3, 0.4) is 0 Å². The molecule has 1 aliphatic heterocycles. The van der Waals surface area contributed by atoms with Crippen molar-refractivity contribution < 1.29 is 43.6 Å². The van der Waals surface area contributed by atoms with E-state index in [2.05, 4.69) is 5.16 Å². The molecular formula is C17H22ClNO9. The molecule has 0 spiro atoms. The topological polar surface area (TPSA) is 141 Å². The lowest BCUT2D eigenvalue weighted by molar-refractivity contribution is -0.212. The average molecular weight is 420 g/mol. The highest BCUT2D eigenvalue weighted by Crippen LogP contribution is 2.37. The molecule has 1 aliphatic carbocycles. The zero-order valence-electron chi connectivity index (χ0n) is 15.5. The van der Waals surface area contributed by atoms with Gasteiger partial charge in [0.2, 0.25) is 0 Å². The number of aliphatic hydroxyl groups is 1. The molecule has 6 atom stereocenters.